The van der Waals surface area contributed by atoms with E-state index in [9.17, 15) is 0 Å². The van der Waals surface area contributed by atoms with E-state index in [-0.39, 0.29) is 12.3 Å². The largest absolute Gasteiger partial charge is 0.492 e. The van der Waals surface area contributed by atoms with Gasteiger partial charge in [-0.25, -0.2) is 0 Å². The molecule has 0 radical (unpaired) electrons. The third-order valence-corrected chi connectivity index (χ3v) is 4.40. The van der Waals surface area contributed by atoms with E-state index in [1.807, 2.05) is 31.2 Å². The van der Waals surface area contributed by atoms with Crippen molar-refractivity contribution in [1.29, 1.82) is 0 Å². The minimum absolute atomic E-state index is 0.0518. The fourth-order valence-corrected chi connectivity index (χ4v) is 3.06. The summed E-state index contributed by atoms with van der Waals surface area (Å²) in [6.45, 7) is 7.48. The number of morpholine rings is 1. The Hall–Kier alpha value is -2.04. The SMILES string of the molecule is CCOc1ccccc1NC1OCCN(Cc2ccccc2)C1C. The molecule has 0 bridgehead atoms. The van der Waals surface area contributed by atoms with Crippen molar-refractivity contribution in [2.24, 2.45) is 0 Å². The molecule has 1 heterocycles. The lowest BCUT2D eigenvalue weighted by Crippen LogP contribution is -2.52. The lowest BCUT2D eigenvalue weighted by Gasteiger charge is -2.40. The number of hydrogen-bond acceptors (Lipinski definition) is 4. The average Bonchev–Trinajstić information content (AvgIpc) is 2.61. The Morgan fingerprint density at radius 3 is 2.67 bits per heavy atom. The third kappa shape index (κ3) is 4.08. The molecule has 2 atom stereocenters. The first-order chi connectivity index (χ1) is 11.8. The second kappa shape index (κ2) is 8.18. The molecule has 4 heteroatoms. The van der Waals surface area contributed by atoms with Crippen LogP contribution in [0.2, 0.25) is 0 Å². The number of benzene rings is 2. The Balaban J connectivity index is 1.68. The molecule has 0 spiro atoms. The molecule has 1 aliphatic rings. The molecule has 1 N–H and O–H groups in total. The Bertz CT molecular complexity index is 633. The zero-order valence-electron chi connectivity index (χ0n) is 14.4. The van der Waals surface area contributed by atoms with E-state index in [1.165, 1.54) is 5.56 Å². The van der Waals surface area contributed by atoms with Crippen LogP contribution in [0.3, 0.4) is 0 Å². The van der Waals surface area contributed by atoms with Crippen LogP contribution in [0.25, 0.3) is 0 Å². The van der Waals surface area contributed by atoms with Crippen LogP contribution in [-0.2, 0) is 11.3 Å². The van der Waals surface area contributed by atoms with E-state index < -0.39 is 0 Å². The van der Waals surface area contributed by atoms with Crippen LogP contribution >= 0.6 is 0 Å². The van der Waals surface area contributed by atoms with Gasteiger partial charge in [-0.3, -0.25) is 4.90 Å². The van der Waals surface area contributed by atoms with Crippen LogP contribution in [0.1, 0.15) is 19.4 Å². The maximum absolute atomic E-state index is 5.99. The van der Waals surface area contributed by atoms with Crippen molar-refractivity contribution < 1.29 is 9.47 Å². The third-order valence-electron chi connectivity index (χ3n) is 4.40. The summed E-state index contributed by atoms with van der Waals surface area (Å²) in [5.41, 5.74) is 2.32. The first-order valence-electron chi connectivity index (χ1n) is 8.66. The van der Waals surface area contributed by atoms with Gasteiger partial charge in [-0.05, 0) is 31.5 Å². The predicted octanol–water partition coefficient (Wildman–Crippen LogP) is 3.74. The fourth-order valence-electron chi connectivity index (χ4n) is 3.06. The Morgan fingerprint density at radius 2 is 1.88 bits per heavy atom. The minimum Gasteiger partial charge on any atom is -0.492 e. The van der Waals surface area contributed by atoms with Crippen LogP contribution < -0.4 is 10.1 Å². The number of anilines is 1. The number of para-hydroxylation sites is 2. The summed E-state index contributed by atoms with van der Waals surface area (Å²) in [5, 5.41) is 3.51. The summed E-state index contributed by atoms with van der Waals surface area (Å²) in [6, 6.07) is 18.9. The van der Waals surface area contributed by atoms with Gasteiger partial charge >= 0.3 is 0 Å². The summed E-state index contributed by atoms with van der Waals surface area (Å²) < 4.78 is 11.7. The van der Waals surface area contributed by atoms with E-state index >= 15 is 0 Å². The molecule has 2 aromatic rings. The number of hydrogen-bond donors (Lipinski definition) is 1. The first-order valence-corrected chi connectivity index (χ1v) is 8.66. The van der Waals surface area contributed by atoms with Crippen molar-refractivity contribution in [1.82, 2.24) is 4.90 Å². The Labute approximate surface area is 144 Å². The molecule has 2 aromatic carbocycles. The summed E-state index contributed by atoms with van der Waals surface area (Å²) >= 11 is 0. The molecule has 4 nitrogen and oxygen atoms in total. The number of ether oxygens (including phenoxy) is 2. The highest BCUT2D eigenvalue weighted by Crippen LogP contribution is 2.27. The van der Waals surface area contributed by atoms with E-state index in [4.69, 9.17) is 9.47 Å². The molecule has 1 saturated heterocycles. The van der Waals surface area contributed by atoms with Crippen molar-refractivity contribution in [2.75, 3.05) is 25.1 Å². The maximum atomic E-state index is 5.99. The Morgan fingerprint density at radius 1 is 1.12 bits per heavy atom. The molecule has 3 rings (SSSR count). The van der Waals surface area contributed by atoms with Crippen molar-refractivity contribution in [3.8, 4) is 5.75 Å². The topological polar surface area (TPSA) is 33.7 Å². The highest BCUT2D eigenvalue weighted by molar-refractivity contribution is 5.56. The summed E-state index contributed by atoms with van der Waals surface area (Å²) in [6.07, 6.45) is -0.0518. The van der Waals surface area contributed by atoms with Crippen molar-refractivity contribution >= 4 is 5.69 Å². The average molecular weight is 326 g/mol. The smallest absolute Gasteiger partial charge is 0.143 e. The molecule has 0 aliphatic carbocycles. The minimum atomic E-state index is -0.0518. The van der Waals surface area contributed by atoms with Gasteiger partial charge in [0, 0.05) is 13.1 Å². The van der Waals surface area contributed by atoms with E-state index in [0.29, 0.717) is 6.61 Å². The van der Waals surface area contributed by atoms with Gasteiger partial charge in [0.25, 0.3) is 0 Å². The predicted molar refractivity (Wildman–Crippen MR) is 97.3 cm³/mol. The molecule has 1 aliphatic heterocycles. The summed E-state index contributed by atoms with van der Waals surface area (Å²) in [5.74, 6) is 0.871. The normalized spacial score (nSPS) is 21.4. The second-order valence-electron chi connectivity index (χ2n) is 6.06. The molecule has 0 saturated carbocycles. The van der Waals surface area contributed by atoms with Gasteiger partial charge in [-0.1, -0.05) is 42.5 Å². The molecule has 0 amide bonds. The number of rotatable bonds is 6. The van der Waals surface area contributed by atoms with Crippen LogP contribution in [-0.4, -0.2) is 36.9 Å². The second-order valence-corrected chi connectivity index (χ2v) is 6.06. The van der Waals surface area contributed by atoms with Crippen molar-refractivity contribution in [3.05, 3.63) is 60.2 Å². The van der Waals surface area contributed by atoms with Crippen LogP contribution in [0, 0.1) is 0 Å². The van der Waals surface area contributed by atoms with Crippen LogP contribution in [0.4, 0.5) is 5.69 Å². The van der Waals surface area contributed by atoms with E-state index in [0.717, 1.165) is 31.1 Å². The van der Waals surface area contributed by atoms with Gasteiger partial charge < -0.3 is 14.8 Å². The van der Waals surface area contributed by atoms with E-state index in [2.05, 4.69) is 47.5 Å². The lowest BCUT2D eigenvalue weighted by molar-refractivity contribution is -0.0538. The summed E-state index contributed by atoms with van der Waals surface area (Å²) in [7, 11) is 0. The summed E-state index contributed by atoms with van der Waals surface area (Å²) in [4.78, 5) is 2.46. The van der Waals surface area contributed by atoms with Gasteiger partial charge in [0.15, 0.2) is 0 Å². The van der Waals surface area contributed by atoms with Gasteiger partial charge in [-0.2, -0.15) is 0 Å². The highest BCUT2D eigenvalue weighted by Gasteiger charge is 2.29. The zero-order valence-corrected chi connectivity index (χ0v) is 14.4. The van der Waals surface area contributed by atoms with Gasteiger partial charge in [0.05, 0.1) is 24.9 Å². The highest BCUT2D eigenvalue weighted by atomic mass is 16.5. The van der Waals surface area contributed by atoms with Gasteiger partial charge in [-0.15, -0.1) is 0 Å². The van der Waals surface area contributed by atoms with Crippen LogP contribution in [0.15, 0.2) is 54.6 Å². The molecule has 24 heavy (non-hydrogen) atoms. The zero-order chi connectivity index (χ0) is 16.8. The quantitative estimate of drug-likeness (QED) is 0.877. The van der Waals surface area contributed by atoms with Crippen LogP contribution in [0.5, 0.6) is 5.75 Å². The molecular formula is C20H26N2O2. The van der Waals surface area contributed by atoms with Gasteiger partial charge in [0.2, 0.25) is 0 Å². The molecular weight excluding hydrogens is 300 g/mol. The molecule has 2 unspecified atom stereocenters. The molecule has 0 aromatic heterocycles. The monoisotopic (exact) mass is 326 g/mol. The Kier molecular flexibility index (Phi) is 5.72. The molecule has 1 fully saturated rings. The van der Waals surface area contributed by atoms with Crippen molar-refractivity contribution in [3.63, 3.8) is 0 Å². The van der Waals surface area contributed by atoms with E-state index in [1.54, 1.807) is 0 Å². The number of nitrogens with one attached hydrogen (secondary N) is 1. The first kappa shape index (κ1) is 16.8. The number of nitrogens with zero attached hydrogens (tertiary/aromatic N) is 1. The maximum Gasteiger partial charge on any atom is 0.143 e. The van der Waals surface area contributed by atoms with Crippen molar-refractivity contribution in [2.45, 2.75) is 32.7 Å². The molecule has 128 valence electrons. The fraction of sp³-hybridized carbons (Fsp3) is 0.400. The lowest BCUT2D eigenvalue weighted by atomic mass is 10.1. The standard InChI is InChI=1S/C20H26N2O2/c1-3-23-19-12-8-7-11-18(19)21-20-16(2)22(13-14-24-20)15-17-9-5-4-6-10-17/h4-12,16,20-21H,3,13-15H2,1-2H3. The van der Waals surface area contributed by atoms with Gasteiger partial charge in [0.1, 0.15) is 12.0 Å².